The Kier molecular flexibility index (Phi) is 5.02. The summed E-state index contributed by atoms with van der Waals surface area (Å²) >= 11 is 3.24. The first-order valence-electron chi connectivity index (χ1n) is 8.31. The Bertz CT molecular complexity index is 1210. The molecule has 3 heterocycles. The van der Waals surface area contributed by atoms with Gasteiger partial charge < -0.3 is 5.32 Å². The molecule has 1 aromatic carbocycles. The van der Waals surface area contributed by atoms with Gasteiger partial charge in [-0.25, -0.2) is 23.2 Å². The van der Waals surface area contributed by atoms with Crippen molar-refractivity contribution in [1.82, 2.24) is 14.8 Å². The van der Waals surface area contributed by atoms with Crippen molar-refractivity contribution < 1.29 is 8.42 Å². The number of hydrogen-bond donors (Lipinski definition) is 2. The van der Waals surface area contributed by atoms with Crippen LogP contribution in [0.1, 0.15) is 10.4 Å². The van der Waals surface area contributed by atoms with E-state index in [0.29, 0.717) is 12.2 Å². The molecule has 4 rings (SSSR count). The predicted molar refractivity (Wildman–Crippen MR) is 112 cm³/mol. The van der Waals surface area contributed by atoms with E-state index in [0.717, 1.165) is 26.0 Å². The van der Waals surface area contributed by atoms with Crippen LogP contribution < -0.4 is 10.5 Å². The maximum atomic E-state index is 11.8. The van der Waals surface area contributed by atoms with Crippen molar-refractivity contribution in [2.75, 3.05) is 5.32 Å². The molecule has 0 saturated carbocycles. The van der Waals surface area contributed by atoms with Gasteiger partial charge >= 0.3 is 0 Å². The summed E-state index contributed by atoms with van der Waals surface area (Å²) in [5.74, 6) is 0. The summed E-state index contributed by atoms with van der Waals surface area (Å²) in [7, 11) is -3.81. The zero-order valence-corrected chi connectivity index (χ0v) is 17.3. The van der Waals surface area contributed by atoms with Crippen molar-refractivity contribution in [3.05, 3.63) is 64.7 Å². The van der Waals surface area contributed by atoms with Crippen LogP contribution >= 0.6 is 22.7 Å². The number of thiazole rings is 1. The average Bonchev–Trinajstić information content (AvgIpc) is 3.40. The summed E-state index contributed by atoms with van der Waals surface area (Å²) in [6, 6.07) is 8.74. The molecule has 0 bridgehead atoms. The maximum absolute atomic E-state index is 11.8. The van der Waals surface area contributed by atoms with Gasteiger partial charge in [0.1, 0.15) is 5.01 Å². The lowest BCUT2D eigenvalue weighted by Crippen LogP contribution is -2.13. The molecule has 0 spiro atoms. The normalized spacial score (nSPS) is 11.6. The first-order valence-corrected chi connectivity index (χ1v) is 11.6. The number of thiophene rings is 1. The number of nitrogens with one attached hydrogen (secondary N) is 1. The van der Waals surface area contributed by atoms with Crippen molar-refractivity contribution in [2.24, 2.45) is 5.14 Å². The van der Waals surface area contributed by atoms with Crippen molar-refractivity contribution in [2.45, 2.75) is 18.4 Å². The number of nitrogens with zero attached hydrogens (tertiary/aromatic N) is 3. The highest BCUT2D eigenvalue weighted by Gasteiger charge is 2.14. The minimum Gasteiger partial charge on any atom is -0.378 e. The molecule has 0 aliphatic heterocycles. The molecule has 4 aromatic rings. The fourth-order valence-electron chi connectivity index (χ4n) is 2.66. The number of nitrogens with two attached hydrogens (primary N) is 1. The van der Waals surface area contributed by atoms with Gasteiger partial charge in [-0.1, -0.05) is 6.07 Å². The summed E-state index contributed by atoms with van der Waals surface area (Å²) in [6.07, 6.45) is 5.45. The summed E-state index contributed by atoms with van der Waals surface area (Å²) < 4.78 is 25.2. The molecule has 7 nitrogen and oxygen atoms in total. The monoisotopic (exact) mass is 431 g/mol. The van der Waals surface area contributed by atoms with Crippen LogP contribution in [0, 0.1) is 6.92 Å². The molecule has 0 unspecified atom stereocenters. The molecule has 0 aliphatic rings. The molecule has 144 valence electrons. The fourth-order valence-corrected chi connectivity index (χ4v) is 4.86. The van der Waals surface area contributed by atoms with E-state index >= 15 is 0 Å². The summed E-state index contributed by atoms with van der Waals surface area (Å²) in [5, 5.41) is 15.9. The molecule has 0 amide bonds. The quantitative estimate of drug-likeness (QED) is 0.485. The second kappa shape index (κ2) is 7.47. The van der Waals surface area contributed by atoms with Crippen LogP contribution in [-0.2, 0) is 16.6 Å². The standard InChI is InChI=1S/C18H17N5O2S3/c1-12-8-22-23(11-12)16-5-4-14(28(19,24)25)7-15(16)20-9-13-10-21-18(27-13)17-3-2-6-26-17/h2-8,10-11,20H,9H2,1H3,(H2,19,24,25). The number of aryl methyl sites for hydroxylation is 1. The Balaban J connectivity index is 1.63. The van der Waals surface area contributed by atoms with Gasteiger partial charge in [0.2, 0.25) is 10.0 Å². The largest absolute Gasteiger partial charge is 0.378 e. The van der Waals surface area contributed by atoms with Crippen LogP contribution in [0.3, 0.4) is 0 Å². The minimum atomic E-state index is -3.81. The van der Waals surface area contributed by atoms with Gasteiger partial charge in [-0.05, 0) is 42.1 Å². The first kappa shape index (κ1) is 18.8. The highest BCUT2D eigenvalue weighted by Crippen LogP contribution is 2.30. The smallest absolute Gasteiger partial charge is 0.238 e. The van der Waals surface area contributed by atoms with E-state index in [4.69, 9.17) is 5.14 Å². The van der Waals surface area contributed by atoms with Crippen LogP contribution in [0.2, 0.25) is 0 Å². The average molecular weight is 432 g/mol. The van der Waals surface area contributed by atoms with E-state index in [1.54, 1.807) is 39.6 Å². The third-order valence-corrected chi connectivity index (χ3v) is 6.94. The molecule has 0 atom stereocenters. The number of hydrogen-bond acceptors (Lipinski definition) is 7. The number of primary sulfonamides is 1. The van der Waals surface area contributed by atoms with Crippen LogP contribution in [0.5, 0.6) is 0 Å². The first-order chi connectivity index (χ1) is 13.4. The molecule has 0 fully saturated rings. The van der Waals surface area contributed by atoms with E-state index in [9.17, 15) is 8.42 Å². The molecule has 3 aromatic heterocycles. The summed E-state index contributed by atoms with van der Waals surface area (Å²) in [4.78, 5) is 6.67. The lowest BCUT2D eigenvalue weighted by molar-refractivity contribution is 0.598. The Morgan fingerprint density at radius 1 is 1.25 bits per heavy atom. The number of benzene rings is 1. The Morgan fingerprint density at radius 2 is 2.11 bits per heavy atom. The molecule has 0 saturated heterocycles. The van der Waals surface area contributed by atoms with Crippen LogP contribution in [0.15, 0.2) is 59.2 Å². The SMILES string of the molecule is Cc1cnn(-c2ccc(S(N)(=O)=O)cc2NCc2cnc(-c3cccs3)s2)c1. The van der Waals surface area contributed by atoms with Crippen LogP contribution in [0.4, 0.5) is 5.69 Å². The third-order valence-electron chi connectivity index (χ3n) is 3.99. The second-order valence-electron chi connectivity index (χ2n) is 6.15. The van der Waals surface area contributed by atoms with Gasteiger partial charge in [0, 0.05) is 17.3 Å². The zero-order valence-electron chi connectivity index (χ0n) is 14.9. The lowest BCUT2D eigenvalue weighted by Gasteiger charge is -2.13. The molecule has 10 heteroatoms. The summed E-state index contributed by atoms with van der Waals surface area (Å²) in [6.45, 7) is 2.45. The van der Waals surface area contributed by atoms with Gasteiger partial charge in [0.05, 0.1) is 33.9 Å². The van der Waals surface area contributed by atoms with Crippen molar-refractivity contribution in [3.8, 4) is 15.6 Å². The van der Waals surface area contributed by atoms with E-state index < -0.39 is 10.0 Å². The Labute approximate surface area is 170 Å². The van der Waals surface area contributed by atoms with Gasteiger partial charge in [0.25, 0.3) is 0 Å². The predicted octanol–water partition coefficient (Wildman–Crippen LogP) is 3.63. The second-order valence-corrected chi connectivity index (χ2v) is 9.77. The number of sulfonamides is 1. The Hall–Kier alpha value is -2.53. The topological polar surface area (TPSA) is 103 Å². The van der Waals surface area contributed by atoms with Crippen molar-refractivity contribution >= 4 is 38.4 Å². The molecule has 0 radical (unpaired) electrons. The molecular weight excluding hydrogens is 414 g/mol. The van der Waals surface area contributed by atoms with E-state index in [2.05, 4.69) is 15.4 Å². The minimum absolute atomic E-state index is 0.0474. The maximum Gasteiger partial charge on any atom is 0.238 e. The van der Waals surface area contributed by atoms with Gasteiger partial charge in [-0.2, -0.15) is 5.10 Å². The molecule has 3 N–H and O–H groups in total. The number of anilines is 1. The van der Waals surface area contributed by atoms with Gasteiger partial charge in [0.15, 0.2) is 0 Å². The van der Waals surface area contributed by atoms with E-state index in [1.807, 2.05) is 36.8 Å². The molecule has 0 aliphatic carbocycles. The van der Waals surface area contributed by atoms with E-state index in [-0.39, 0.29) is 4.90 Å². The van der Waals surface area contributed by atoms with E-state index in [1.165, 1.54) is 12.1 Å². The number of rotatable bonds is 6. The van der Waals surface area contributed by atoms with Crippen LogP contribution in [-0.4, -0.2) is 23.2 Å². The molecular formula is C18H17N5O2S3. The fraction of sp³-hybridized carbons (Fsp3) is 0.111. The number of aromatic nitrogens is 3. The molecule has 28 heavy (non-hydrogen) atoms. The van der Waals surface area contributed by atoms with Crippen LogP contribution in [0.25, 0.3) is 15.6 Å². The lowest BCUT2D eigenvalue weighted by atomic mass is 10.2. The Morgan fingerprint density at radius 3 is 2.79 bits per heavy atom. The zero-order chi connectivity index (χ0) is 19.7. The highest BCUT2D eigenvalue weighted by atomic mass is 32.2. The summed E-state index contributed by atoms with van der Waals surface area (Å²) in [5.41, 5.74) is 2.37. The highest BCUT2D eigenvalue weighted by molar-refractivity contribution is 7.89. The van der Waals surface area contributed by atoms with Gasteiger partial charge in [-0.3, -0.25) is 0 Å². The third kappa shape index (κ3) is 3.99. The van der Waals surface area contributed by atoms with Crippen molar-refractivity contribution in [1.29, 1.82) is 0 Å². The van der Waals surface area contributed by atoms with Gasteiger partial charge in [-0.15, -0.1) is 22.7 Å². The van der Waals surface area contributed by atoms with Crippen molar-refractivity contribution in [3.63, 3.8) is 0 Å².